The molecular formula is C12H26O4. The average molecular weight is 234 g/mol. The fourth-order valence-corrected chi connectivity index (χ4v) is 0.932. The van der Waals surface area contributed by atoms with E-state index >= 15 is 0 Å². The zero-order chi connectivity index (χ0) is 12.6. The Balaban J connectivity index is 0. The van der Waals surface area contributed by atoms with E-state index in [-0.39, 0.29) is 12.6 Å². The van der Waals surface area contributed by atoms with Crippen molar-refractivity contribution in [3.05, 3.63) is 0 Å². The van der Waals surface area contributed by atoms with Crippen LogP contribution in [0.25, 0.3) is 0 Å². The number of unbranched alkanes of at least 4 members (excludes halogenated alkanes) is 2. The maximum atomic E-state index is 10.5. The molecule has 0 amide bonds. The highest BCUT2D eigenvalue weighted by Crippen LogP contribution is 1.98. The van der Waals surface area contributed by atoms with Crippen LogP contribution in [-0.2, 0) is 14.3 Å². The number of aliphatic hydroxyl groups excluding tert-OH is 1. The van der Waals surface area contributed by atoms with Gasteiger partial charge in [0, 0.05) is 13.0 Å². The smallest absolute Gasteiger partial charge is 0.305 e. The predicted molar refractivity (Wildman–Crippen MR) is 64.4 cm³/mol. The van der Waals surface area contributed by atoms with E-state index in [4.69, 9.17) is 9.84 Å². The van der Waals surface area contributed by atoms with Gasteiger partial charge in [-0.05, 0) is 12.8 Å². The van der Waals surface area contributed by atoms with Crippen LogP contribution in [0.1, 0.15) is 46.0 Å². The van der Waals surface area contributed by atoms with E-state index in [0.717, 1.165) is 32.3 Å². The van der Waals surface area contributed by atoms with Crippen LogP contribution in [0.5, 0.6) is 0 Å². The molecule has 0 saturated heterocycles. The molecule has 98 valence electrons. The molecule has 4 heteroatoms. The summed E-state index contributed by atoms with van der Waals surface area (Å²) in [5.74, 6) is -0.0940. The van der Waals surface area contributed by atoms with E-state index in [2.05, 4.69) is 11.7 Å². The maximum absolute atomic E-state index is 10.5. The molecule has 0 radical (unpaired) electrons. The first kappa shape index (κ1) is 17.8. The van der Waals surface area contributed by atoms with Crippen LogP contribution in [0.3, 0.4) is 0 Å². The molecule has 0 rings (SSSR count). The summed E-state index contributed by atoms with van der Waals surface area (Å²) in [6, 6.07) is 0. The highest BCUT2D eigenvalue weighted by Gasteiger charge is 1.96. The van der Waals surface area contributed by atoms with Crippen LogP contribution in [0.2, 0.25) is 0 Å². The van der Waals surface area contributed by atoms with Crippen LogP contribution in [0.15, 0.2) is 0 Å². The highest BCUT2D eigenvalue weighted by atomic mass is 16.5. The lowest BCUT2D eigenvalue weighted by Gasteiger charge is -1.95. The van der Waals surface area contributed by atoms with Crippen LogP contribution in [0.4, 0.5) is 0 Å². The monoisotopic (exact) mass is 234 g/mol. The molecule has 1 N–H and O–H groups in total. The first-order chi connectivity index (χ1) is 7.72. The molecule has 0 spiro atoms. The number of methoxy groups -OCH3 is 1. The third-order valence-corrected chi connectivity index (χ3v) is 1.80. The number of ether oxygens (including phenoxy) is 2. The van der Waals surface area contributed by atoms with E-state index in [1.165, 1.54) is 7.11 Å². The van der Waals surface area contributed by atoms with Gasteiger partial charge in [-0.15, -0.1) is 0 Å². The van der Waals surface area contributed by atoms with Crippen molar-refractivity contribution in [3.8, 4) is 0 Å². The van der Waals surface area contributed by atoms with Crippen LogP contribution < -0.4 is 0 Å². The van der Waals surface area contributed by atoms with E-state index in [0.29, 0.717) is 13.0 Å². The number of aliphatic hydroxyl groups is 1. The molecule has 16 heavy (non-hydrogen) atoms. The minimum absolute atomic E-state index is 0.0940. The van der Waals surface area contributed by atoms with Crippen molar-refractivity contribution in [2.75, 3.05) is 26.9 Å². The minimum Gasteiger partial charge on any atom is -0.469 e. The van der Waals surface area contributed by atoms with E-state index in [1.807, 2.05) is 6.92 Å². The minimum atomic E-state index is -0.0940. The molecule has 0 aliphatic rings. The number of rotatable bonds is 8. The summed E-state index contributed by atoms with van der Waals surface area (Å²) >= 11 is 0. The second kappa shape index (κ2) is 16.8. The van der Waals surface area contributed by atoms with Gasteiger partial charge in [-0.3, -0.25) is 4.79 Å². The third kappa shape index (κ3) is 19.0. The summed E-state index contributed by atoms with van der Waals surface area (Å²) in [6.07, 6.45) is 4.83. The molecule has 0 aromatic heterocycles. The zero-order valence-corrected chi connectivity index (χ0v) is 10.8. The van der Waals surface area contributed by atoms with Crippen molar-refractivity contribution >= 4 is 5.97 Å². The third-order valence-electron chi connectivity index (χ3n) is 1.80. The molecule has 0 bridgehead atoms. The van der Waals surface area contributed by atoms with Gasteiger partial charge in [0.25, 0.3) is 0 Å². The molecular weight excluding hydrogens is 208 g/mol. The molecule has 0 unspecified atom stereocenters. The van der Waals surface area contributed by atoms with Crippen LogP contribution in [-0.4, -0.2) is 38.0 Å². The molecule has 0 heterocycles. The van der Waals surface area contributed by atoms with Gasteiger partial charge in [-0.2, -0.15) is 0 Å². The Morgan fingerprint density at radius 3 is 2.25 bits per heavy atom. The van der Waals surface area contributed by atoms with Crippen molar-refractivity contribution in [3.63, 3.8) is 0 Å². The second-order valence-electron chi connectivity index (χ2n) is 3.37. The standard InChI is InChI=1S/C7H14O2.C5H12O2/c1-3-4-5-6-7(8)9-2;1-2-4-7-5-3-6/h3-6H2,1-2H3;6H,2-5H2,1H3. The second-order valence-corrected chi connectivity index (χ2v) is 3.37. The summed E-state index contributed by atoms with van der Waals surface area (Å²) < 4.78 is 9.34. The lowest BCUT2D eigenvalue weighted by Crippen LogP contribution is -1.98. The van der Waals surface area contributed by atoms with Crippen molar-refractivity contribution in [1.82, 2.24) is 0 Å². The van der Waals surface area contributed by atoms with Gasteiger partial charge in [-0.1, -0.05) is 26.7 Å². The summed E-state index contributed by atoms with van der Waals surface area (Å²) in [4.78, 5) is 10.5. The SMILES string of the molecule is CCCCCC(=O)OC.CCCOCCO. The Morgan fingerprint density at radius 2 is 1.81 bits per heavy atom. The zero-order valence-electron chi connectivity index (χ0n) is 10.8. The molecule has 0 aliphatic carbocycles. The predicted octanol–water partition coefficient (Wildman–Crippen LogP) is 2.15. The number of hydrogen-bond donors (Lipinski definition) is 1. The summed E-state index contributed by atoms with van der Waals surface area (Å²) in [5.41, 5.74) is 0. The van der Waals surface area contributed by atoms with Gasteiger partial charge in [0.1, 0.15) is 0 Å². The lowest BCUT2D eigenvalue weighted by molar-refractivity contribution is -0.140. The van der Waals surface area contributed by atoms with E-state index in [1.54, 1.807) is 0 Å². The van der Waals surface area contributed by atoms with Gasteiger partial charge in [-0.25, -0.2) is 0 Å². The Kier molecular flexibility index (Phi) is 18.7. The van der Waals surface area contributed by atoms with Crippen molar-refractivity contribution in [1.29, 1.82) is 0 Å². The summed E-state index contributed by atoms with van der Waals surface area (Å²) in [5, 5.41) is 8.17. The maximum Gasteiger partial charge on any atom is 0.305 e. The Hall–Kier alpha value is -0.610. The number of carbonyl (C=O) groups excluding carboxylic acids is 1. The average Bonchev–Trinajstić information content (AvgIpc) is 2.31. The molecule has 0 aliphatic heterocycles. The lowest BCUT2D eigenvalue weighted by atomic mass is 10.2. The van der Waals surface area contributed by atoms with Gasteiger partial charge >= 0.3 is 5.97 Å². The first-order valence-corrected chi connectivity index (χ1v) is 5.98. The Bertz CT molecular complexity index is 133. The fraction of sp³-hybridized carbons (Fsp3) is 0.917. The van der Waals surface area contributed by atoms with Crippen molar-refractivity contribution in [2.45, 2.75) is 46.0 Å². The van der Waals surface area contributed by atoms with Crippen LogP contribution >= 0.6 is 0 Å². The first-order valence-electron chi connectivity index (χ1n) is 5.98. The number of hydrogen-bond acceptors (Lipinski definition) is 4. The van der Waals surface area contributed by atoms with Crippen molar-refractivity contribution in [2.24, 2.45) is 0 Å². The molecule has 0 aromatic carbocycles. The molecule has 4 nitrogen and oxygen atoms in total. The van der Waals surface area contributed by atoms with Gasteiger partial charge in [0.15, 0.2) is 0 Å². The largest absolute Gasteiger partial charge is 0.469 e. The summed E-state index contributed by atoms with van der Waals surface area (Å²) in [7, 11) is 1.42. The number of carbonyl (C=O) groups is 1. The molecule has 0 aromatic rings. The Morgan fingerprint density at radius 1 is 1.12 bits per heavy atom. The van der Waals surface area contributed by atoms with Gasteiger partial charge in [0.05, 0.1) is 20.3 Å². The molecule has 0 atom stereocenters. The topological polar surface area (TPSA) is 55.8 Å². The molecule has 0 saturated carbocycles. The van der Waals surface area contributed by atoms with Crippen LogP contribution in [0, 0.1) is 0 Å². The van der Waals surface area contributed by atoms with Gasteiger partial charge in [0.2, 0.25) is 0 Å². The quantitative estimate of drug-likeness (QED) is 0.516. The number of esters is 1. The summed E-state index contributed by atoms with van der Waals surface area (Å²) in [6.45, 7) is 5.53. The van der Waals surface area contributed by atoms with E-state index < -0.39 is 0 Å². The highest BCUT2D eigenvalue weighted by molar-refractivity contribution is 5.68. The fourth-order valence-electron chi connectivity index (χ4n) is 0.932. The van der Waals surface area contributed by atoms with Crippen molar-refractivity contribution < 1.29 is 19.4 Å². The molecule has 0 fully saturated rings. The normalized spacial score (nSPS) is 9.25. The van der Waals surface area contributed by atoms with E-state index in [9.17, 15) is 4.79 Å². The Labute approximate surface area is 98.9 Å². The van der Waals surface area contributed by atoms with Gasteiger partial charge < -0.3 is 14.6 Å².